The summed E-state index contributed by atoms with van der Waals surface area (Å²) in [6.45, 7) is -0.343. The number of carbonyl (C=O) groups excluding carboxylic acids is 1. The second-order valence-corrected chi connectivity index (χ2v) is 7.85. The first kappa shape index (κ1) is 20.8. The Morgan fingerprint density at radius 2 is 1.78 bits per heavy atom. The first-order valence-corrected chi connectivity index (χ1v) is 9.87. The lowest BCUT2D eigenvalue weighted by atomic mass is 10.1. The first-order valence-electron chi connectivity index (χ1n) is 8.02. The highest BCUT2D eigenvalue weighted by Crippen LogP contribution is 2.14. The van der Waals surface area contributed by atoms with Gasteiger partial charge in [0.05, 0.1) is 19.9 Å². The fourth-order valence-electron chi connectivity index (χ4n) is 2.34. The van der Waals surface area contributed by atoms with Crippen molar-refractivity contribution in [2.75, 3.05) is 31.8 Å². The number of rotatable bonds is 8. The summed E-state index contributed by atoms with van der Waals surface area (Å²) in [5.74, 6) is -2.11. The maximum atomic E-state index is 13.2. The second kappa shape index (κ2) is 8.92. The number of methoxy groups -OCH3 is 1. The van der Waals surface area contributed by atoms with Crippen molar-refractivity contribution in [1.29, 1.82) is 0 Å². The fraction of sp³-hybridized carbons (Fsp3) is 0.278. The molecule has 0 spiro atoms. The molecule has 2 rings (SSSR count). The lowest BCUT2D eigenvalue weighted by molar-refractivity contribution is -0.116. The van der Waals surface area contributed by atoms with E-state index >= 15 is 0 Å². The smallest absolute Gasteiger partial charge is 0.239 e. The van der Waals surface area contributed by atoms with E-state index in [1.165, 1.54) is 6.07 Å². The van der Waals surface area contributed by atoms with Crippen molar-refractivity contribution in [2.45, 2.75) is 6.42 Å². The number of anilines is 1. The summed E-state index contributed by atoms with van der Waals surface area (Å²) in [6, 6.07) is 10.0. The third kappa shape index (κ3) is 6.30. The van der Waals surface area contributed by atoms with Gasteiger partial charge in [-0.15, -0.1) is 0 Å². The molecular weight excluding hydrogens is 378 g/mol. The van der Waals surface area contributed by atoms with Crippen molar-refractivity contribution in [3.8, 4) is 5.75 Å². The first-order chi connectivity index (χ1) is 12.7. The number of carbonyl (C=O) groups is 1. The van der Waals surface area contributed by atoms with Gasteiger partial charge in [-0.1, -0.05) is 12.1 Å². The molecule has 0 fully saturated rings. The van der Waals surface area contributed by atoms with Crippen molar-refractivity contribution < 1.29 is 26.7 Å². The van der Waals surface area contributed by atoms with Gasteiger partial charge in [0.1, 0.15) is 5.75 Å². The zero-order valence-corrected chi connectivity index (χ0v) is 15.7. The van der Waals surface area contributed by atoms with E-state index in [1.807, 2.05) is 0 Å². The standard InChI is InChI=1S/C18H20F2N2O4S/c1-26-15-6-3-13(4-7-15)9-10-22(27(2,24)25)12-18(23)21-14-5-8-16(19)17(20)11-14/h3-8,11H,9-10,12H2,1-2H3,(H,21,23). The fourth-order valence-corrected chi connectivity index (χ4v) is 3.12. The van der Waals surface area contributed by atoms with Crippen LogP contribution in [0, 0.1) is 11.6 Å². The molecule has 0 aliphatic heterocycles. The molecule has 9 heteroatoms. The molecule has 0 aliphatic carbocycles. The topological polar surface area (TPSA) is 75.7 Å². The molecular formula is C18H20F2N2O4S. The van der Waals surface area contributed by atoms with E-state index < -0.39 is 34.1 Å². The molecule has 0 bridgehead atoms. The number of nitrogens with zero attached hydrogens (tertiary/aromatic N) is 1. The van der Waals surface area contributed by atoms with E-state index in [9.17, 15) is 22.0 Å². The van der Waals surface area contributed by atoms with Gasteiger partial charge in [0, 0.05) is 18.3 Å². The minimum absolute atomic E-state index is 0.0440. The van der Waals surface area contributed by atoms with Crippen LogP contribution >= 0.6 is 0 Å². The average molecular weight is 398 g/mol. The highest BCUT2D eigenvalue weighted by Gasteiger charge is 2.20. The van der Waals surface area contributed by atoms with Gasteiger partial charge < -0.3 is 10.1 Å². The van der Waals surface area contributed by atoms with E-state index in [4.69, 9.17) is 4.74 Å². The number of halogens is 2. The van der Waals surface area contributed by atoms with Crippen LogP contribution in [0.1, 0.15) is 5.56 Å². The van der Waals surface area contributed by atoms with Crippen molar-refractivity contribution >= 4 is 21.6 Å². The Bertz CT molecular complexity index is 902. The number of hydrogen-bond donors (Lipinski definition) is 1. The van der Waals surface area contributed by atoms with Crippen molar-refractivity contribution in [1.82, 2.24) is 4.31 Å². The third-order valence-electron chi connectivity index (χ3n) is 3.80. The quantitative estimate of drug-likeness (QED) is 0.741. The van der Waals surface area contributed by atoms with Crippen molar-refractivity contribution in [2.24, 2.45) is 0 Å². The lowest BCUT2D eigenvalue weighted by Crippen LogP contribution is -2.38. The third-order valence-corrected chi connectivity index (χ3v) is 5.05. The van der Waals surface area contributed by atoms with Crippen LogP contribution in [-0.2, 0) is 21.2 Å². The van der Waals surface area contributed by atoms with Crippen LogP contribution in [0.4, 0.5) is 14.5 Å². The normalized spacial score (nSPS) is 11.4. The molecule has 0 saturated heterocycles. The van der Waals surface area contributed by atoms with E-state index in [2.05, 4.69) is 5.32 Å². The Morgan fingerprint density at radius 3 is 2.33 bits per heavy atom. The monoisotopic (exact) mass is 398 g/mol. The zero-order valence-electron chi connectivity index (χ0n) is 14.9. The van der Waals surface area contributed by atoms with Crippen LogP contribution in [0.3, 0.4) is 0 Å². The SMILES string of the molecule is COc1ccc(CCN(CC(=O)Nc2ccc(F)c(F)c2)S(C)(=O)=O)cc1. The molecule has 146 valence electrons. The Labute approximate surface area is 156 Å². The molecule has 27 heavy (non-hydrogen) atoms. The molecule has 0 radical (unpaired) electrons. The molecule has 6 nitrogen and oxygen atoms in total. The van der Waals surface area contributed by atoms with Crippen LogP contribution in [0.5, 0.6) is 5.75 Å². The summed E-state index contributed by atoms with van der Waals surface area (Å²) in [4.78, 5) is 12.1. The van der Waals surface area contributed by atoms with E-state index in [1.54, 1.807) is 31.4 Å². The molecule has 0 aliphatic rings. The maximum Gasteiger partial charge on any atom is 0.239 e. The maximum absolute atomic E-state index is 13.2. The summed E-state index contributed by atoms with van der Waals surface area (Å²) in [6.07, 6.45) is 1.40. The van der Waals surface area contributed by atoms with Gasteiger partial charge in [0.15, 0.2) is 11.6 Å². The Balaban J connectivity index is 2.00. The highest BCUT2D eigenvalue weighted by atomic mass is 32.2. The van der Waals surface area contributed by atoms with Gasteiger partial charge in [-0.2, -0.15) is 4.31 Å². The molecule has 2 aromatic carbocycles. The molecule has 0 atom stereocenters. The number of nitrogens with one attached hydrogen (secondary N) is 1. The summed E-state index contributed by atoms with van der Waals surface area (Å²) < 4.78 is 56.1. The minimum Gasteiger partial charge on any atom is -0.497 e. The number of hydrogen-bond acceptors (Lipinski definition) is 4. The summed E-state index contributed by atoms with van der Waals surface area (Å²) in [5.41, 5.74) is 0.924. The van der Waals surface area contributed by atoms with Crippen LogP contribution in [-0.4, -0.2) is 45.1 Å². The molecule has 0 aromatic heterocycles. The van der Waals surface area contributed by atoms with Crippen LogP contribution in [0.2, 0.25) is 0 Å². The van der Waals surface area contributed by atoms with Crippen molar-refractivity contribution in [3.05, 3.63) is 59.7 Å². The van der Waals surface area contributed by atoms with Crippen LogP contribution in [0.25, 0.3) is 0 Å². The van der Waals surface area contributed by atoms with E-state index in [0.717, 1.165) is 28.3 Å². The Hall–Kier alpha value is -2.52. The van der Waals surface area contributed by atoms with Gasteiger partial charge in [-0.3, -0.25) is 4.79 Å². The molecule has 0 saturated carbocycles. The van der Waals surface area contributed by atoms with Gasteiger partial charge in [0.25, 0.3) is 0 Å². The molecule has 0 heterocycles. The number of sulfonamides is 1. The highest BCUT2D eigenvalue weighted by molar-refractivity contribution is 7.88. The molecule has 1 N–H and O–H groups in total. The second-order valence-electron chi connectivity index (χ2n) is 5.87. The minimum atomic E-state index is -3.64. The largest absolute Gasteiger partial charge is 0.497 e. The Kier molecular flexibility index (Phi) is 6.86. The number of ether oxygens (including phenoxy) is 1. The van der Waals surface area contributed by atoms with E-state index in [-0.39, 0.29) is 12.2 Å². The molecule has 2 aromatic rings. The Morgan fingerprint density at radius 1 is 1.11 bits per heavy atom. The summed E-state index contributed by atoms with van der Waals surface area (Å²) >= 11 is 0. The number of amides is 1. The van der Waals surface area contributed by atoms with Crippen LogP contribution < -0.4 is 10.1 Å². The predicted molar refractivity (Wildman–Crippen MR) is 98.1 cm³/mol. The number of benzene rings is 2. The van der Waals surface area contributed by atoms with E-state index in [0.29, 0.717) is 12.2 Å². The van der Waals surface area contributed by atoms with Gasteiger partial charge >= 0.3 is 0 Å². The summed E-state index contributed by atoms with van der Waals surface area (Å²) in [5, 5.41) is 2.36. The predicted octanol–water partition coefficient (Wildman–Crippen LogP) is 2.42. The molecule has 1 amide bonds. The average Bonchev–Trinajstić information content (AvgIpc) is 2.61. The zero-order chi connectivity index (χ0) is 20.0. The molecule has 0 unspecified atom stereocenters. The van der Waals surface area contributed by atoms with Gasteiger partial charge in [-0.25, -0.2) is 17.2 Å². The summed E-state index contributed by atoms with van der Waals surface area (Å²) in [7, 11) is -2.09. The van der Waals surface area contributed by atoms with Gasteiger partial charge in [-0.05, 0) is 36.2 Å². The van der Waals surface area contributed by atoms with Crippen molar-refractivity contribution in [3.63, 3.8) is 0 Å². The van der Waals surface area contributed by atoms with Gasteiger partial charge in [0.2, 0.25) is 15.9 Å². The lowest BCUT2D eigenvalue weighted by Gasteiger charge is -2.19. The van der Waals surface area contributed by atoms with Crippen LogP contribution in [0.15, 0.2) is 42.5 Å².